The molecule has 9 nitrogen and oxygen atoms in total. The minimum atomic E-state index is -4.54. The van der Waals surface area contributed by atoms with Gasteiger partial charge in [-0.1, -0.05) is 18.2 Å². The van der Waals surface area contributed by atoms with Gasteiger partial charge < -0.3 is 15.3 Å². The number of hydrogen-bond acceptors (Lipinski definition) is 6. The largest absolute Gasteiger partial charge is 0.416 e. The molecule has 0 aromatic heterocycles. The summed E-state index contributed by atoms with van der Waals surface area (Å²) in [6.45, 7) is 0.375. The van der Waals surface area contributed by atoms with Crippen molar-refractivity contribution in [1.29, 1.82) is 5.26 Å². The maximum Gasteiger partial charge on any atom is 0.416 e. The number of likely N-dealkylation sites (tertiary alicyclic amines) is 1. The first-order valence-electron chi connectivity index (χ1n) is 11.4. The van der Waals surface area contributed by atoms with E-state index in [0.717, 1.165) is 28.6 Å². The van der Waals surface area contributed by atoms with Crippen LogP contribution in [0.15, 0.2) is 53.4 Å². The summed E-state index contributed by atoms with van der Waals surface area (Å²) in [5.41, 5.74) is -0.799. The van der Waals surface area contributed by atoms with E-state index >= 15 is 0 Å². The van der Waals surface area contributed by atoms with Crippen molar-refractivity contribution in [2.24, 2.45) is 5.92 Å². The predicted molar refractivity (Wildman–Crippen MR) is 123 cm³/mol. The number of sulfonamides is 1. The lowest BCUT2D eigenvalue weighted by Crippen LogP contribution is -2.49. The number of hydrogen-bond donors (Lipinski definition) is 2. The van der Waals surface area contributed by atoms with E-state index < -0.39 is 45.8 Å². The SMILES string of the molecule is N#CC1CN(S(=O)(=O)c2cccc(C(=O)N3CCC[C@@H]3C(=O)N[C@@H](O)c3ccc(C(F)(F)F)cc3)c2)C1. The van der Waals surface area contributed by atoms with Crippen LogP contribution in [0.4, 0.5) is 13.2 Å². The fourth-order valence-corrected chi connectivity index (χ4v) is 5.85. The van der Waals surface area contributed by atoms with E-state index in [4.69, 9.17) is 5.26 Å². The summed E-state index contributed by atoms with van der Waals surface area (Å²) < 4.78 is 65.1. The van der Waals surface area contributed by atoms with E-state index in [-0.39, 0.29) is 41.6 Å². The average molecular weight is 537 g/mol. The molecule has 2 N–H and O–H groups in total. The van der Waals surface area contributed by atoms with Gasteiger partial charge in [0.1, 0.15) is 6.04 Å². The summed E-state index contributed by atoms with van der Waals surface area (Å²) in [6, 6.07) is 10.1. The molecule has 4 rings (SSSR count). The Labute approximate surface area is 211 Å². The monoisotopic (exact) mass is 536 g/mol. The molecule has 0 radical (unpaired) electrons. The maximum absolute atomic E-state index is 13.2. The van der Waals surface area contributed by atoms with Crippen molar-refractivity contribution in [3.05, 3.63) is 65.2 Å². The highest BCUT2D eigenvalue weighted by Gasteiger charge is 2.38. The van der Waals surface area contributed by atoms with E-state index in [2.05, 4.69) is 5.32 Å². The van der Waals surface area contributed by atoms with Gasteiger partial charge in [0.25, 0.3) is 5.91 Å². The maximum atomic E-state index is 13.2. The van der Waals surface area contributed by atoms with Gasteiger partial charge in [-0.3, -0.25) is 9.59 Å². The molecule has 0 aliphatic carbocycles. The molecular weight excluding hydrogens is 513 g/mol. The Morgan fingerprint density at radius 1 is 1.14 bits per heavy atom. The summed E-state index contributed by atoms with van der Waals surface area (Å²) in [4.78, 5) is 27.2. The minimum Gasteiger partial charge on any atom is -0.369 e. The van der Waals surface area contributed by atoms with Crippen molar-refractivity contribution >= 4 is 21.8 Å². The molecule has 2 aromatic rings. The molecule has 2 amide bonds. The second-order valence-corrected chi connectivity index (χ2v) is 10.8. The molecule has 2 aliphatic heterocycles. The molecular formula is C24H23F3N4O5S. The lowest BCUT2D eigenvalue weighted by molar-refractivity contribution is -0.137. The van der Waals surface area contributed by atoms with Crippen LogP contribution in [0.25, 0.3) is 0 Å². The quantitative estimate of drug-likeness (QED) is 0.545. The molecule has 2 aromatic carbocycles. The van der Waals surface area contributed by atoms with Crippen LogP contribution in [0.3, 0.4) is 0 Å². The number of carbonyl (C=O) groups is 2. The van der Waals surface area contributed by atoms with E-state index in [1.807, 2.05) is 6.07 Å². The molecule has 0 unspecified atom stereocenters. The summed E-state index contributed by atoms with van der Waals surface area (Å²) >= 11 is 0. The fraction of sp³-hybridized carbons (Fsp3) is 0.375. The number of benzene rings is 2. The van der Waals surface area contributed by atoms with Gasteiger partial charge in [0.2, 0.25) is 15.9 Å². The van der Waals surface area contributed by atoms with Gasteiger partial charge >= 0.3 is 6.18 Å². The number of rotatable bonds is 6. The van der Waals surface area contributed by atoms with Crippen LogP contribution in [0.5, 0.6) is 0 Å². The summed E-state index contributed by atoms with van der Waals surface area (Å²) in [7, 11) is -3.88. The topological polar surface area (TPSA) is 131 Å². The van der Waals surface area contributed by atoms with E-state index in [1.165, 1.54) is 29.2 Å². The second-order valence-electron chi connectivity index (χ2n) is 8.86. The molecule has 13 heteroatoms. The van der Waals surface area contributed by atoms with Crippen LogP contribution in [-0.2, 0) is 21.0 Å². The smallest absolute Gasteiger partial charge is 0.369 e. The Morgan fingerprint density at radius 2 is 1.81 bits per heavy atom. The number of nitriles is 1. The Kier molecular flexibility index (Phi) is 7.27. The van der Waals surface area contributed by atoms with Crippen molar-refractivity contribution in [3.8, 4) is 6.07 Å². The van der Waals surface area contributed by atoms with Gasteiger partial charge in [-0.05, 0) is 43.2 Å². The molecule has 2 atom stereocenters. The highest BCUT2D eigenvalue weighted by molar-refractivity contribution is 7.89. The van der Waals surface area contributed by atoms with Crippen LogP contribution >= 0.6 is 0 Å². The van der Waals surface area contributed by atoms with Crippen LogP contribution in [0.1, 0.15) is 40.6 Å². The zero-order valence-corrected chi connectivity index (χ0v) is 20.2. The van der Waals surface area contributed by atoms with Gasteiger partial charge in [0, 0.05) is 30.8 Å². The fourth-order valence-electron chi connectivity index (χ4n) is 4.27. The summed E-state index contributed by atoms with van der Waals surface area (Å²) in [6.07, 6.45) is -5.35. The third-order valence-electron chi connectivity index (χ3n) is 6.40. The highest BCUT2D eigenvalue weighted by Crippen LogP contribution is 2.30. The molecule has 37 heavy (non-hydrogen) atoms. The summed E-state index contributed by atoms with van der Waals surface area (Å²) in [5.74, 6) is -1.64. The lowest BCUT2D eigenvalue weighted by atomic mass is 10.1. The van der Waals surface area contributed by atoms with Crippen molar-refractivity contribution < 1.29 is 36.3 Å². The zero-order chi connectivity index (χ0) is 27.0. The molecule has 0 spiro atoms. The highest BCUT2D eigenvalue weighted by atomic mass is 32.2. The Balaban J connectivity index is 1.45. The van der Waals surface area contributed by atoms with Gasteiger partial charge in [-0.25, -0.2) is 8.42 Å². The standard InChI is InChI=1S/C24H23F3N4O5S/c25-24(26,27)18-8-6-16(7-9-18)21(32)29-22(33)20-5-2-10-31(20)23(34)17-3-1-4-19(11-17)37(35,36)30-13-15(12-28)14-30/h1,3-4,6-9,11,15,20-21,32H,2,5,10,13-14H2,(H,29,33)/t20-,21+/m1/s1. The van der Waals surface area contributed by atoms with Gasteiger partial charge in [0.15, 0.2) is 6.23 Å². The van der Waals surface area contributed by atoms with E-state index in [1.54, 1.807) is 0 Å². The molecule has 2 aliphatic rings. The predicted octanol–water partition coefficient (Wildman–Crippen LogP) is 2.26. The molecule has 2 saturated heterocycles. The van der Waals surface area contributed by atoms with Crippen LogP contribution in [-0.4, -0.2) is 60.2 Å². The third kappa shape index (κ3) is 5.46. The lowest BCUT2D eigenvalue weighted by Gasteiger charge is -2.34. The minimum absolute atomic E-state index is 0.0414. The van der Waals surface area contributed by atoms with Crippen molar-refractivity contribution in [2.45, 2.75) is 36.2 Å². The second kappa shape index (κ2) is 10.1. The van der Waals surface area contributed by atoms with E-state index in [9.17, 15) is 36.3 Å². The van der Waals surface area contributed by atoms with Crippen molar-refractivity contribution in [3.63, 3.8) is 0 Å². The number of halogens is 3. The normalized spacial score (nSPS) is 19.6. The van der Waals surface area contributed by atoms with Gasteiger partial charge in [-0.15, -0.1) is 0 Å². The Bertz CT molecular complexity index is 1340. The number of aliphatic hydroxyl groups excluding tert-OH is 1. The first-order chi connectivity index (χ1) is 17.4. The van der Waals surface area contributed by atoms with E-state index in [0.29, 0.717) is 12.8 Å². The first kappa shape index (κ1) is 26.6. The average Bonchev–Trinajstić information content (AvgIpc) is 3.32. The number of nitrogens with one attached hydrogen (secondary N) is 1. The number of alkyl halides is 3. The first-order valence-corrected chi connectivity index (χ1v) is 12.8. The van der Waals surface area contributed by atoms with Crippen molar-refractivity contribution in [2.75, 3.05) is 19.6 Å². The van der Waals surface area contributed by atoms with Crippen LogP contribution in [0.2, 0.25) is 0 Å². The Morgan fingerprint density at radius 3 is 2.43 bits per heavy atom. The molecule has 2 fully saturated rings. The third-order valence-corrected chi connectivity index (χ3v) is 8.23. The van der Waals surface area contributed by atoms with Crippen LogP contribution < -0.4 is 5.32 Å². The van der Waals surface area contributed by atoms with Crippen molar-refractivity contribution in [1.82, 2.24) is 14.5 Å². The number of aliphatic hydroxyl groups is 1. The molecule has 0 saturated carbocycles. The summed E-state index contributed by atoms with van der Waals surface area (Å²) in [5, 5.41) is 21.5. The number of carbonyl (C=O) groups excluding carboxylic acids is 2. The number of amides is 2. The van der Waals surface area contributed by atoms with Gasteiger partial charge in [0.05, 0.1) is 22.4 Å². The molecule has 196 valence electrons. The molecule has 2 heterocycles. The van der Waals surface area contributed by atoms with Gasteiger partial charge in [-0.2, -0.15) is 22.7 Å². The Hall–Kier alpha value is -3.47. The molecule has 0 bridgehead atoms. The zero-order valence-electron chi connectivity index (χ0n) is 19.4. The van der Waals surface area contributed by atoms with Crippen LogP contribution in [0, 0.1) is 17.2 Å². The number of nitrogens with zero attached hydrogens (tertiary/aromatic N) is 3.